The van der Waals surface area contributed by atoms with E-state index in [0.29, 0.717) is 17.8 Å². The summed E-state index contributed by atoms with van der Waals surface area (Å²) in [4.78, 5) is 23.8. The van der Waals surface area contributed by atoms with Crippen LogP contribution in [-0.4, -0.2) is 37.2 Å². The van der Waals surface area contributed by atoms with E-state index in [9.17, 15) is 9.59 Å². The first-order valence-corrected chi connectivity index (χ1v) is 8.12. The molecule has 0 saturated carbocycles. The second kappa shape index (κ2) is 8.53. The monoisotopic (exact) mass is 319 g/mol. The summed E-state index contributed by atoms with van der Waals surface area (Å²) in [6.07, 6.45) is 3.27. The van der Waals surface area contributed by atoms with Crippen LogP contribution in [0.25, 0.3) is 0 Å². The molecule has 0 radical (unpaired) electrons. The number of urea groups is 1. The van der Waals surface area contributed by atoms with Gasteiger partial charge in [0.25, 0.3) is 5.91 Å². The van der Waals surface area contributed by atoms with Gasteiger partial charge in [0.1, 0.15) is 0 Å². The Morgan fingerprint density at radius 3 is 2.87 bits per heavy atom. The predicted octanol–water partition coefficient (Wildman–Crippen LogP) is 2.52. The van der Waals surface area contributed by atoms with Gasteiger partial charge in [0.05, 0.1) is 6.10 Å². The zero-order valence-corrected chi connectivity index (χ0v) is 13.7. The molecule has 1 fully saturated rings. The third-order valence-electron chi connectivity index (χ3n) is 3.58. The summed E-state index contributed by atoms with van der Waals surface area (Å²) in [6.45, 7) is 5.19. The standard InChI is InChI=1S/C17H25N3O3/c1-12(2)19-17(22)20-14-6-3-5-13(11-14)16(21)18-9-8-15-7-4-10-23-15/h3,5-6,11-12,15H,4,7-10H2,1-2H3,(H,18,21)(H2,19,20,22). The largest absolute Gasteiger partial charge is 0.378 e. The van der Waals surface area contributed by atoms with Gasteiger partial charge in [-0.05, 0) is 51.3 Å². The number of anilines is 1. The number of nitrogens with one attached hydrogen (secondary N) is 3. The second-order valence-electron chi connectivity index (χ2n) is 6.01. The van der Waals surface area contributed by atoms with E-state index in [2.05, 4.69) is 16.0 Å². The molecule has 1 aromatic carbocycles. The van der Waals surface area contributed by atoms with Crippen molar-refractivity contribution in [2.45, 2.75) is 45.3 Å². The summed E-state index contributed by atoms with van der Waals surface area (Å²) in [7, 11) is 0. The van der Waals surface area contributed by atoms with Crippen LogP contribution in [0.15, 0.2) is 24.3 Å². The normalized spacial score (nSPS) is 17.1. The van der Waals surface area contributed by atoms with Crippen molar-refractivity contribution in [2.24, 2.45) is 0 Å². The summed E-state index contributed by atoms with van der Waals surface area (Å²) in [6, 6.07) is 6.67. The summed E-state index contributed by atoms with van der Waals surface area (Å²) >= 11 is 0. The van der Waals surface area contributed by atoms with E-state index >= 15 is 0 Å². The molecule has 23 heavy (non-hydrogen) atoms. The third kappa shape index (κ3) is 5.90. The van der Waals surface area contributed by atoms with Gasteiger partial charge in [0.2, 0.25) is 0 Å². The van der Waals surface area contributed by atoms with E-state index in [-0.39, 0.29) is 24.1 Å². The molecule has 0 aliphatic carbocycles. The van der Waals surface area contributed by atoms with Gasteiger partial charge in [0, 0.05) is 30.4 Å². The molecule has 1 atom stereocenters. The number of carbonyl (C=O) groups is 2. The highest BCUT2D eigenvalue weighted by molar-refractivity contribution is 5.96. The average molecular weight is 319 g/mol. The first kappa shape index (κ1) is 17.3. The molecule has 1 aromatic rings. The molecule has 1 saturated heterocycles. The first-order valence-electron chi connectivity index (χ1n) is 8.12. The lowest BCUT2D eigenvalue weighted by molar-refractivity contribution is 0.0907. The fraction of sp³-hybridized carbons (Fsp3) is 0.529. The van der Waals surface area contributed by atoms with Crippen LogP contribution in [0.2, 0.25) is 0 Å². The Morgan fingerprint density at radius 2 is 2.17 bits per heavy atom. The second-order valence-corrected chi connectivity index (χ2v) is 6.01. The van der Waals surface area contributed by atoms with Crippen molar-refractivity contribution in [3.05, 3.63) is 29.8 Å². The maximum atomic E-state index is 12.2. The van der Waals surface area contributed by atoms with Gasteiger partial charge in [0.15, 0.2) is 0 Å². The van der Waals surface area contributed by atoms with Crippen molar-refractivity contribution in [3.8, 4) is 0 Å². The van der Waals surface area contributed by atoms with Crippen LogP contribution in [0, 0.1) is 0 Å². The minimum absolute atomic E-state index is 0.0549. The number of benzene rings is 1. The number of hydrogen-bond acceptors (Lipinski definition) is 3. The molecule has 1 aliphatic heterocycles. The van der Waals surface area contributed by atoms with Gasteiger partial charge in [-0.25, -0.2) is 4.79 Å². The highest BCUT2D eigenvalue weighted by Gasteiger charge is 2.15. The van der Waals surface area contributed by atoms with Gasteiger partial charge < -0.3 is 20.7 Å². The maximum absolute atomic E-state index is 12.2. The van der Waals surface area contributed by atoms with Crippen LogP contribution in [0.1, 0.15) is 43.5 Å². The quantitative estimate of drug-likeness (QED) is 0.754. The van der Waals surface area contributed by atoms with Crippen LogP contribution in [0.4, 0.5) is 10.5 Å². The molecule has 0 bridgehead atoms. The maximum Gasteiger partial charge on any atom is 0.319 e. The number of amides is 3. The smallest absolute Gasteiger partial charge is 0.319 e. The van der Waals surface area contributed by atoms with Crippen molar-refractivity contribution in [1.82, 2.24) is 10.6 Å². The Bertz CT molecular complexity index is 540. The summed E-state index contributed by atoms with van der Waals surface area (Å²) in [5, 5.41) is 8.35. The summed E-state index contributed by atoms with van der Waals surface area (Å²) in [5.74, 6) is -0.143. The lowest BCUT2D eigenvalue weighted by Gasteiger charge is -2.12. The van der Waals surface area contributed by atoms with Crippen molar-refractivity contribution in [3.63, 3.8) is 0 Å². The Balaban J connectivity index is 1.82. The van der Waals surface area contributed by atoms with Gasteiger partial charge in [-0.15, -0.1) is 0 Å². The predicted molar refractivity (Wildman–Crippen MR) is 89.7 cm³/mol. The van der Waals surface area contributed by atoms with Crippen molar-refractivity contribution in [2.75, 3.05) is 18.5 Å². The Hall–Kier alpha value is -2.08. The zero-order chi connectivity index (χ0) is 16.7. The fourth-order valence-electron chi connectivity index (χ4n) is 2.49. The molecule has 1 aliphatic rings. The van der Waals surface area contributed by atoms with E-state index < -0.39 is 0 Å². The Labute approximate surface area is 137 Å². The van der Waals surface area contributed by atoms with Gasteiger partial charge in [-0.1, -0.05) is 6.07 Å². The molecule has 1 heterocycles. The van der Waals surface area contributed by atoms with Crippen molar-refractivity contribution < 1.29 is 14.3 Å². The van der Waals surface area contributed by atoms with Gasteiger partial charge in [-0.3, -0.25) is 4.79 Å². The number of ether oxygens (including phenoxy) is 1. The number of carbonyl (C=O) groups excluding carboxylic acids is 2. The molecule has 0 spiro atoms. The molecule has 3 N–H and O–H groups in total. The first-order chi connectivity index (χ1) is 11.0. The van der Waals surface area contributed by atoms with Gasteiger partial charge >= 0.3 is 6.03 Å². The summed E-state index contributed by atoms with van der Waals surface area (Å²) < 4.78 is 5.53. The van der Waals surface area contributed by atoms with Crippen LogP contribution < -0.4 is 16.0 Å². The molecular formula is C17H25N3O3. The molecule has 3 amide bonds. The van der Waals surface area contributed by atoms with Crippen molar-refractivity contribution >= 4 is 17.6 Å². The number of hydrogen-bond donors (Lipinski definition) is 3. The lowest BCUT2D eigenvalue weighted by Crippen LogP contribution is -2.34. The van der Waals surface area contributed by atoms with E-state index in [0.717, 1.165) is 25.9 Å². The van der Waals surface area contributed by atoms with Crippen LogP contribution >= 0.6 is 0 Å². The molecule has 6 heteroatoms. The van der Waals surface area contributed by atoms with E-state index in [1.165, 1.54) is 0 Å². The van der Waals surface area contributed by atoms with E-state index in [4.69, 9.17) is 4.74 Å². The SMILES string of the molecule is CC(C)NC(=O)Nc1cccc(C(=O)NCCC2CCCO2)c1. The Kier molecular flexibility index (Phi) is 6.40. The minimum Gasteiger partial charge on any atom is -0.378 e. The molecule has 126 valence electrons. The lowest BCUT2D eigenvalue weighted by atomic mass is 10.1. The Morgan fingerprint density at radius 1 is 1.35 bits per heavy atom. The van der Waals surface area contributed by atoms with Crippen LogP contribution in [-0.2, 0) is 4.74 Å². The molecule has 6 nitrogen and oxygen atoms in total. The summed E-state index contributed by atoms with van der Waals surface area (Å²) in [5.41, 5.74) is 1.12. The molecule has 2 rings (SSSR count). The highest BCUT2D eigenvalue weighted by atomic mass is 16.5. The highest BCUT2D eigenvalue weighted by Crippen LogP contribution is 2.15. The fourth-order valence-corrected chi connectivity index (χ4v) is 2.49. The average Bonchev–Trinajstić information content (AvgIpc) is 2.99. The topological polar surface area (TPSA) is 79.5 Å². The van der Waals surface area contributed by atoms with Crippen LogP contribution in [0.3, 0.4) is 0 Å². The molecule has 1 unspecified atom stereocenters. The number of rotatable bonds is 6. The molecular weight excluding hydrogens is 294 g/mol. The third-order valence-corrected chi connectivity index (χ3v) is 3.58. The molecule has 0 aromatic heterocycles. The van der Waals surface area contributed by atoms with E-state index in [1.54, 1.807) is 24.3 Å². The minimum atomic E-state index is -0.282. The zero-order valence-electron chi connectivity index (χ0n) is 13.7. The van der Waals surface area contributed by atoms with Crippen molar-refractivity contribution in [1.29, 1.82) is 0 Å². The van der Waals surface area contributed by atoms with E-state index in [1.807, 2.05) is 13.8 Å². The van der Waals surface area contributed by atoms with Crippen LogP contribution in [0.5, 0.6) is 0 Å². The van der Waals surface area contributed by atoms with Gasteiger partial charge in [-0.2, -0.15) is 0 Å².